The molecule has 19 heavy (non-hydrogen) atoms. The van der Waals surface area contributed by atoms with Crippen molar-refractivity contribution < 1.29 is 4.74 Å². The molecule has 0 atom stereocenters. The number of anilines is 1. The zero-order valence-electron chi connectivity index (χ0n) is 11.8. The van der Waals surface area contributed by atoms with Gasteiger partial charge in [-0.3, -0.25) is 4.68 Å². The minimum Gasteiger partial charge on any atom is -0.404 e. The van der Waals surface area contributed by atoms with Crippen LogP contribution >= 0.6 is 0 Å². The monoisotopic (exact) mass is 262 g/mol. The summed E-state index contributed by atoms with van der Waals surface area (Å²) in [7, 11) is 1.77. The van der Waals surface area contributed by atoms with Crippen molar-refractivity contribution in [1.82, 2.24) is 24.7 Å². The summed E-state index contributed by atoms with van der Waals surface area (Å²) < 4.78 is 7.13. The maximum Gasteiger partial charge on any atom is 0.342 e. The van der Waals surface area contributed by atoms with Gasteiger partial charge in [-0.05, 0) is 6.92 Å². The highest BCUT2D eigenvalue weighted by molar-refractivity contribution is 5.45. The number of ether oxygens (including phenoxy) is 1. The summed E-state index contributed by atoms with van der Waals surface area (Å²) in [5.41, 5.74) is 6.37. The van der Waals surface area contributed by atoms with Gasteiger partial charge in [0.05, 0.1) is 5.56 Å². The Kier molecular flexibility index (Phi) is 3.13. The molecule has 2 aromatic rings. The topological polar surface area (TPSA) is 91.7 Å². The largest absolute Gasteiger partial charge is 0.404 e. The number of aryl methyl sites for hydroxylation is 1. The number of nitrogen functional groups attached to an aromatic ring is 1. The number of nitrogens with two attached hydrogens (primary N) is 1. The Morgan fingerprint density at radius 3 is 2.47 bits per heavy atom. The molecule has 102 valence electrons. The molecule has 2 N–H and O–H groups in total. The molecule has 0 saturated heterocycles. The van der Waals surface area contributed by atoms with Gasteiger partial charge in [-0.2, -0.15) is 9.97 Å². The number of hydrogen-bond donors (Lipinski definition) is 1. The minimum atomic E-state index is -0.211. The average Bonchev–Trinajstić information content (AvgIpc) is 2.69. The number of aromatic nitrogens is 5. The standard InChI is InChI=1S/C12H18N6O/c1-7-8(13)15-10(12(2,3)4)16-9(7)19-11-14-6-18(5)17-11/h6H,1-5H3,(H2,13,15,16). The van der Waals surface area contributed by atoms with Gasteiger partial charge in [-0.15, -0.1) is 5.10 Å². The first-order valence-electron chi connectivity index (χ1n) is 5.95. The van der Waals surface area contributed by atoms with Gasteiger partial charge in [0.25, 0.3) is 0 Å². The van der Waals surface area contributed by atoms with E-state index in [-0.39, 0.29) is 11.4 Å². The molecule has 0 amide bonds. The highest BCUT2D eigenvalue weighted by Gasteiger charge is 2.21. The molecule has 2 rings (SSSR count). The molecule has 0 saturated carbocycles. The van der Waals surface area contributed by atoms with Gasteiger partial charge in [0.15, 0.2) is 0 Å². The van der Waals surface area contributed by atoms with Gasteiger partial charge >= 0.3 is 6.01 Å². The SMILES string of the molecule is Cc1c(N)nc(C(C)(C)C)nc1Oc1ncn(C)n1. The first-order chi connectivity index (χ1) is 8.77. The molecule has 0 aliphatic rings. The Morgan fingerprint density at radius 2 is 1.95 bits per heavy atom. The molecule has 0 aromatic carbocycles. The van der Waals surface area contributed by atoms with Crippen LogP contribution in [0.25, 0.3) is 0 Å². The van der Waals surface area contributed by atoms with E-state index >= 15 is 0 Å². The van der Waals surface area contributed by atoms with E-state index in [1.807, 2.05) is 20.8 Å². The molecule has 0 spiro atoms. The lowest BCUT2D eigenvalue weighted by Gasteiger charge is -2.18. The molecule has 0 radical (unpaired) electrons. The fourth-order valence-electron chi connectivity index (χ4n) is 1.40. The molecule has 0 bridgehead atoms. The van der Waals surface area contributed by atoms with E-state index in [0.717, 1.165) is 0 Å². The van der Waals surface area contributed by atoms with Crippen LogP contribution in [0.2, 0.25) is 0 Å². The second-order valence-corrected chi connectivity index (χ2v) is 5.42. The molecule has 0 fully saturated rings. The summed E-state index contributed by atoms with van der Waals surface area (Å²) in [5.74, 6) is 1.43. The summed E-state index contributed by atoms with van der Waals surface area (Å²) in [6.07, 6.45) is 1.56. The van der Waals surface area contributed by atoms with Gasteiger partial charge < -0.3 is 10.5 Å². The van der Waals surface area contributed by atoms with E-state index in [2.05, 4.69) is 20.1 Å². The van der Waals surface area contributed by atoms with Gasteiger partial charge in [0.1, 0.15) is 18.0 Å². The Bertz CT molecular complexity index is 599. The maximum atomic E-state index is 5.90. The van der Waals surface area contributed by atoms with Crippen molar-refractivity contribution in [3.63, 3.8) is 0 Å². The molecule has 0 aliphatic heterocycles. The second-order valence-electron chi connectivity index (χ2n) is 5.42. The second kappa shape index (κ2) is 4.49. The van der Waals surface area contributed by atoms with Crippen LogP contribution in [-0.4, -0.2) is 24.7 Å². The van der Waals surface area contributed by atoms with E-state index in [1.165, 1.54) is 0 Å². The molecule has 7 nitrogen and oxygen atoms in total. The summed E-state index contributed by atoms with van der Waals surface area (Å²) >= 11 is 0. The summed E-state index contributed by atoms with van der Waals surface area (Å²) in [5, 5.41) is 4.05. The summed E-state index contributed by atoms with van der Waals surface area (Å²) in [6, 6.07) is 0.239. The van der Waals surface area contributed by atoms with Crippen molar-refractivity contribution in [2.24, 2.45) is 7.05 Å². The fraction of sp³-hybridized carbons (Fsp3) is 0.500. The molecular weight excluding hydrogens is 244 g/mol. The van der Waals surface area contributed by atoms with Crippen molar-refractivity contribution in [3.8, 4) is 11.9 Å². The maximum absolute atomic E-state index is 5.90. The van der Waals surface area contributed by atoms with Crippen molar-refractivity contribution in [2.75, 3.05) is 5.73 Å². The van der Waals surface area contributed by atoms with Crippen molar-refractivity contribution in [3.05, 3.63) is 17.7 Å². The number of hydrogen-bond acceptors (Lipinski definition) is 6. The van der Waals surface area contributed by atoms with Crippen LogP contribution in [0.15, 0.2) is 6.33 Å². The zero-order chi connectivity index (χ0) is 14.2. The average molecular weight is 262 g/mol. The van der Waals surface area contributed by atoms with Crippen LogP contribution in [0.3, 0.4) is 0 Å². The first kappa shape index (κ1) is 13.3. The predicted octanol–water partition coefficient (Wildman–Crippen LogP) is 1.59. The number of rotatable bonds is 2. The van der Waals surface area contributed by atoms with Gasteiger partial charge in [0.2, 0.25) is 5.88 Å². The Labute approximate surface area is 111 Å². The van der Waals surface area contributed by atoms with E-state index in [4.69, 9.17) is 10.5 Å². The van der Waals surface area contributed by atoms with Crippen LogP contribution in [0, 0.1) is 6.92 Å². The highest BCUT2D eigenvalue weighted by Crippen LogP contribution is 2.27. The quantitative estimate of drug-likeness (QED) is 0.883. The van der Waals surface area contributed by atoms with E-state index in [0.29, 0.717) is 23.1 Å². The molecule has 2 heterocycles. The van der Waals surface area contributed by atoms with Crippen LogP contribution in [-0.2, 0) is 12.5 Å². The number of nitrogens with zero attached hydrogens (tertiary/aromatic N) is 5. The lowest BCUT2D eigenvalue weighted by atomic mass is 9.95. The van der Waals surface area contributed by atoms with Crippen LogP contribution < -0.4 is 10.5 Å². The predicted molar refractivity (Wildman–Crippen MR) is 71.0 cm³/mol. The van der Waals surface area contributed by atoms with Gasteiger partial charge in [0, 0.05) is 12.5 Å². The van der Waals surface area contributed by atoms with Crippen molar-refractivity contribution in [1.29, 1.82) is 0 Å². The van der Waals surface area contributed by atoms with E-state index in [1.54, 1.807) is 25.0 Å². The Balaban J connectivity index is 2.41. The van der Waals surface area contributed by atoms with E-state index in [9.17, 15) is 0 Å². The van der Waals surface area contributed by atoms with Crippen LogP contribution in [0.1, 0.15) is 32.2 Å². The lowest BCUT2D eigenvalue weighted by molar-refractivity contribution is 0.409. The molecule has 7 heteroatoms. The fourth-order valence-corrected chi connectivity index (χ4v) is 1.40. The first-order valence-corrected chi connectivity index (χ1v) is 5.95. The Hall–Kier alpha value is -2.18. The zero-order valence-corrected chi connectivity index (χ0v) is 11.8. The third-order valence-electron chi connectivity index (χ3n) is 2.58. The molecule has 2 aromatic heterocycles. The van der Waals surface area contributed by atoms with Gasteiger partial charge in [-0.1, -0.05) is 20.8 Å². The van der Waals surface area contributed by atoms with Gasteiger partial charge in [-0.25, -0.2) is 4.98 Å². The molecular formula is C12H18N6O. The Morgan fingerprint density at radius 1 is 1.26 bits per heavy atom. The smallest absolute Gasteiger partial charge is 0.342 e. The summed E-state index contributed by atoms with van der Waals surface area (Å²) in [6.45, 7) is 7.85. The molecule has 0 aliphatic carbocycles. The van der Waals surface area contributed by atoms with Crippen molar-refractivity contribution in [2.45, 2.75) is 33.1 Å². The third kappa shape index (κ3) is 2.81. The highest BCUT2D eigenvalue weighted by atomic mass is 16.5. The third-order valence-corrected chi connectivity index (χ3v) is 2.58. The normalized spacial score (nSPS) is 11.6. The van der Waals surface area contributed by atoms with E-state index < -0.39 is 0 Å². The molecule has 0 unspecified atom stereocenters. The lowest BCUT2D eigenvalue weighted by Crippen LogP contribution is -2.18. The minimum absolute atomic E-state index is 0.211. The van der Waals surface area contributed by atoms with Crippen molar-refractivity contribution >= 4 is 5.82 Å². The summed E-state index contributed by atoms with van der Waals surface area (Å²) in [4.78, 5) is 12.7. The van der Waals surface area contributed by atoms with Crippen LogP contribution in [0.4, 0.5) is 5.82 Å². The van der Waals surface area contributed by atoms with Crippen LogP contribution in [0.5, 0.6) is 11.9 Å².